The van der Waals surface area contributed by atoms with E-state index in [1.165, 1.54) is 6.92 Å². The number of rotatable bonds is 11. The first-order valence-electron chi connectivity index (χ1n) is 9.96. The molecule has 0 saturated carbocycles. The van der Waals surface area contributed by atoms with Crippen molar-refractivity contribution in [2.24, 2.45) is 0 Å². The van der Waals surface area contributed by atoms with Crippen molar-refractivity contribution in [1.29, 1.82) is 0 Å². The summed E-state index contributed by atoms with van der Waals surface area (Å²) in [5.74, 6) is 0.507. The molecule has 0 unspecified atom stereocenters. The molecule has 0 aliphatic carbocycles. The van der Waals surface area contributed by atoms with Gasteiger partial charge in [-0.1, -0.05) is 49.2 Å². The third kappa shape index (κ3) is 7.15. The number of carbonyl (C=O) groups excluding carboxylic acids is 1. The summed E-state index contributed by atoms with van der Waals surface area (Å²) in [5, 5.41) is 18.9. The zero-order chi connectivity index (χ0) is 23.9. The maximum Gasteiger partial charge on any atom is 0.303 e. The van der Waals surface area contributed by atoms with E-state index in [9.17, 15) is 9.90 Å². The molecule has 0 saturated heterocycles. The van der Waals surface area contributed by atoms with Crippen LogP contribution in [0.25, 0.3) is 0 Å². The van der Waals surface area contributed by atoms with Crippen molar-refractivity contribution in [1.82, 2.24) is 0 Å². The van der Waals surface area contributed by atoms with Gasteiger partial charge in [-0.15, -0.1) is 11.6 Å². The molecule has 0 fully saturated rings. The molecule has 2 N–H and O–H groups in total. The second-order valence-corrected chi connectivity index (χ2v) is 8.89. The maximum atomic E-state index is 11.1. The Balaban J connectivity index is 2.17. The number of alkyl halides is 1. The highest BCUT2D eigenvalue weighted by atomic mass is 35.5. The van der Waals surface area contributed by atoms with Crippen molar-refractivity contribution in [3.05, 3.63) is 57.6 Å². The molecule has 0 spiro atoms. The van der Waals surface area contributed by atoms with Crippen LogP contribution in [-0.2, 0) is 14.9 Å². The summed E-state index contributed by atoms with van der Waals surface area (Å²) < 4.78 is 16.2. The number of carbonyl (C=O) groups is 1. The monoisotopic (exact) mass is 504 g/mol. The first-order valence-corrected chi connectivity index (χ1v) is 11.2. The van der Waals surface area contributed by atoms with Crippen LogP contribution in [0.2, 0.25) is 10.0 Å². The predicted molar refractivity (Wildman–Crippen MR) is 125 cm³/mol. The third-order valence-electron chi connectivity index (χ3n) is 4.87. The molecule has 32 heavy (non-hydrogen) atoms. The Morgan fingerprint density at radius 3 is 2.12 bits per heavy atom. The van der Waals surface area contributed by atoms with E-state index >= 15 is 0 Å². The fourth-order valence-corrected chi connectivity index (χ4v) is 3.71. The molecule has 2 aromatic rings. The molecule has 0 aliphatic heterocycles. The summed E-state index contributed by atoms with van der Waals surface area (Å²) in [4.78, 5) is 11.1. The Labute approximate surface area is 203 Å². The van der Waals surface area contributed by atoms with Crippen LogP contribution in [0, 0.1) is 0 Å². The highest BCUT2D eigenvalue weighted by Gasteiger charge is 2.26. The van der Waals surface area contributed by atoms with Crippen molar-refractivity contribution in [3.63, 3.8) is 0 Å². The summed E-state index contributed by atoms with van der Waals surface area (Å²) in [6.07, 6.45) is -1.54. The molecule has 0 amide bonds. The minimum Gasteiger partial charge on any atom is -0.491 e. The van der Waals surface area contributed by atoms with Crippen LogP contribution < -0.4 is 9.47 Å². The lowest BCUT2D eigenvalue weighted by molar-refractivity contribution is -0.146. The molecule has 0 bridgehead atoms. The number of hydrogen-bond acceptors (Lipinski definition) is 6. The molecule has 0 aromatic heterocycles. The topological polar surface area (TPSA) is 85.2 Å². The molecule has 0 heterocycles. The fraction of sp³-hybridized carbons (Fsp3) is 0.435. The van der Waals surface area contributed by atoms with Crippen molar-refractivity contribution in [2.45, 2.75) is 38.4 Å². The maximum absolute atomic E-state index is 11.1. The zero-order valence-electron chi connectivity index (χ0n) is 18.1. The van der Waals surface area contributed by atoms with Gasteiger partial charge in [0.05, 0.1) is 22.5 Å². The quantitative estimate of drug-likeness (QED) is 0.343. The van der Waals surface area contributed by atoms with E-state index in [0.29, 0.717) is 21.5 Å². The van der Waals surface area contributed by atoms with Gasteiger partial charge in [0.2, 0.25) is 0 Å². The number of esters is 1. The van der Waals surface area contributed by atoms with E-state index in [4.69, 9.17) is 54.1 Å². The summed E-state index contributed by atoms with van der Waals surface area (Å²) in [6, 6.07) is 11.0. The molecule has 6 nitrogen and oxygen atoms in total. The van der Waals surface area contributed by atoms with Gasteiger partial charge in [-0.3, -0.25) is 4.79 Å². The van der Waals surface area contributed by atoms with Crippen LogP contribution >= 0.6 is 34.8 Å². The van der Waals surface area contributed by atoms with Gasteiger partial charge < -0.3 is 24.4 Å². The lowest BCUT2D eigenvalue weighted by Crippen LogP contribution is -2.26. The minimum atomic E-state index is -0.926. The van der Waals surface area contributed by atoms with Crippen molar-refractivity contribution in [3.8, 4) is 11.5 Å². The number of aliphatic hydroxyl groups is 2. The lowest BCUT2D eigenvalue weighted by atomic mass is 9.78. The van der Waals surface area contributed by atoms with Crippen LogP contribution in [0.5, 0.6) is 11.5 Å². The first kappa shape index (κ1) is 26.6. The highest BCUT2D eigenvalue weighted by Crippen LogP contribution is 2.40. The van der Waals surface area contributed by atoms with Gasteiger partial charge in [0.1, 0.15) is 31.2 Å². The molecule has 2 aromatic carbocycles. The summed E-state index contributed by atoms with van der Waals surface area (Å²) in [7, 11) is 0. The van der Waals surface area contributed by atoms with Gasteiger partial charge in [0.25, 0.3) is 0 Å². The SMILES string of the molecule is CC(=O)O[C@@H](CCl)COc1c(Cl)cc(C(C)(C)c2ccc(OC[C@H](O)CO)cc2)cc1Cl. The molecular formula is C23H27Cl3O6. The second-order valence-electron chi connectivity index (χ2n) is 7.76. The third-order valence-corrected chi connectivity index (χ3v) is 5.77. The molecule has 9 heteroatoms. The van der Waals surface area contributed by atoms with Crippen molar-refractivity contribution >= 4 is 40.8 Å². The molecule has 2 rings (SSSR count). The average Bonchev–Trinajstić information content (AvgIpc) is 2.75. The van der Waals surface area contributed by atoms with Crippen LogP contribution in [0.1, 0.15) is 31.9 Å². The summed E-state index contributed by atoms with van der Waals surface area (Å²) in [5.41, 5.74) is 1.43. The van der Waals surface area contributed by atoms with Crippen LogP contribution in [0.3, 0.4) is 0 Å². The molecule has 176 valence electrons. The summed E-state index contributed by atoms with van der Waals surface area (Å²) >= 11 is 18.7. The van der Waals surface area contributed by atoms with Gasteiger partial charge >= 0.3 is 5.97 Å². The molecule has 0 aliphatic rings. The average molecular weight is 506 g/mol. The second kappa shape index (κ2) is 12.0. The van der Waals surface area contributed by atoms with E-state index in [0.717, 1.165) is 11.1 Å². The van der Waals surface area contributed by atoms with Crippen molar-refractivity contribution < 1.29 is 29.2 Å². The Kier molecular flexibility index (Phi) is 9.92. The Morgan fingerprint density at radius 2 is 1.62 bits per heavy atom. The van der Waals surface area contributed by atoms with Gasteiger partial charge in [0.15, 0.2) is 5.75 Å². The van der Waals surface area contributed by atoms with Crippen LogP contribution in [0.4, 0.5) is 0 Å². The van der Waals surface area contributed by atoms with Gasteiger partial charge in [0, 0.05) is 12.3 Å². The number of ether oxygens (including phenoxy) is 3. The largest absolute Gasteiger partial charge is 0.491 e. The standard InChI is InChI=1S/C23H27Cl3O6/c1-14(28)32-19(10-24)13-31-22-20(25)8-16(9-21(22)26)23(2,3)15-4-6-18(7-5-15)30-12-17(29)11-27/h4-9,17,19,27,29H,10-13H2,1-3H3/t17-,19+/m1/s1. The minimum absolute atomic E-state index is 0.00789. The summed E-state index contributed by atoms with van der Waals surface area (Å²) in [6.45, 7) is 5.04. The number of aliphatic hydroxyl groups excluding tert-OH is 2. The van der Waals surface area contributed by atoms with E-state index in [-0.39, 0.29) is 25.7 Å². The first-order chi connectivity index (χ1) is 15.1. The van der Waals surface area contributed by atoms with Gasteiger partial charge in [-0.2, -0.15) is 0 Å². The lowest BCUT2D eigenvalue weighted by Gasteiger charge is -2.27. The molecule has 2 atom stereocenters. The molecular weight excluding hydrogens is 479 g/mol. The highest BCUT2D eigenvalue weighted by molar-refractivity contribution is 6.37. The van der Waals surface area contributed by atoms with E-state index in [1.54, 1.807) is 24.3 Å². The Hall–Kier alpha value is -1.70. The van der Waals surface area contributed by atoms with Crippen LogP contribution in [-0.4, -0.2) is 54.1 Å². The van der Waals surface area contributed by atoms with E-state index < -0.39 is 23.6 Å². The predicted octanol–water partition coefficient (Wildman–Crippen LogP) is 4.60. The van der Waals surface area contributed by atoms with Gasteiger partial charge in [-0.25, -0.2) is 0 Å². The fourth-order valence-electron chi connectivity index (χ4n) is 2.96. The number of benzene rings is 2. The van der Waals surface area contributed by atoms with Crippen LogP contribution in [0.15, 0.2) is 36.4 Å². The van der Waals surface area contributed by atoms with Gasteiger partial charge in [-0.05, 0) is 35.4 Å². The number of hydrogen-bond donors (Lipinski definition) is 2. The Bertz CT molecular complexity index is 878. The molecule has 0 radical (unpaired) electrons. The Morgan fingerprint density at radius 1 is 1.03 bits per heavy atom. The van der Waals surface area contributed by atoms with Crippen molar-refractivity contribution in [2.75, 3.05) is 25.7 Å². The zero-order valence-corrected chi connectivity index (χ0v) is 20.4. The van der Waals surface area contributed by atoms with E-state index in [1.807, 2.05) is 26.0 Å². The number of halogens is 3. The van der Waals surface area contributed by atoms with E-state index in [2.05, 4.69) is 0 Å². The normalized spacial score (nSPS) is 13.4. The smallest absolute Gasteiger partial charge is 0.303 e.